The quantitative estimate of drug-likeness (QED) is 0.541. The largest absolute Gasteiger partial charge is 0.393 e. The van der Waals surface area contributed by atoms with Crippen molar-refractivity contribution < 1.29 is 19.3 Å². The molecule has 2 aromatic rings. The molecule has 30 heavy (non-hydrogen) atoms. The van der Waals surface area contributed by atoms with E-state index in [1.807, 2.05) is 47.8 Å². The van der Waals surface area contributed by atoms with Gasteiger partial charge in [0.15, 0.2) is 5.79 Å². The van der Waals surface area contributed by atoms with Crippen molar-refractivity contribution in [1.82, 2.24) is 0 Å². The first kappa shape index (κ1) is 22.2. The van der Waals surface area contributed by atoms with Gasteiger partial charge in [0.05, 0.1) is 30.0 Å². The standard InChI is InChI=1S/C24H30O4S2/c25-21(11-13-26-18-20-7-3-1-4-8-20)17-24(30-22-9-5-2-6-10-22)19-23(12-16-29-24)27-14-15-28-23/h1-10,21,25H,11-19H2/t21-,24-/m1/s1. The highest BCUT2D eigenvalue weighted by molar-refractivity contribution is 8.18. The lowest BCUT2D eigenvalue weighted by Crippen LogP contribution is -2.45. The molecular formula is C24H30O4S2. The number of hydrogen-bond acceptors (Lipinski definition) is 6. The third kappa shape index (κ3) is 6.02. The number of aliphatic hydroxyl groups excluding tert-OH is 1. The summed E-state index contributed by atoms with van der Waals surface area (Å²) < 4.78 is 17.7. The summed E-state index contributed by atoms with van der Waals surface area (Å²) in [5.74, 6) is 0.480. The van der Waals surface area contributed by atoms with E-state index in [1.165, 1.54) is 4.90 Å². The Morgan fingerprint density at radius 1 is 1.03 bits per heavy atom. The van der Waals surface area contributed by atoms with E-state index >= 15 is 0 Å². The van der Waals surface area contributed by atoms with Gasteiger partial charge in [-0.1, -0.05) is 48.5 Å². The summed E-state index contributed by atoms with van der Waals surface area (Å²) in [6.45, 7) is 2.45. The molecule has 0 radical (unpaired) electrons. The van der Waals surface area contributed by atoms with Crippen LogP contribution in [0.5, 0.6) is 0 Å². The van der Waals surface area contributed by atoms with Gasteiger partial charge in [0.2, 0.25) is 0 Å². The fourth-order valence-electron chi connectivity index (χ4n) is 4.07. The van der Waals surface area contributed by atoms with Crippen LogP contribution in [0.1, 0.15) is 31.2 Å². The summed E-state index contributed by atoms with van der Waals surface area (Å²) in [5.41, 5.74) is 1.16. The second kappa shape index (κ2) is 10.5. The van der Waals surface area contributed by atoms with Crippen LogP contribution in [-0.4, -0.2) is 46.7 Å². The van der Waals surface area contributed by atoms with Gasteiger partial charge in [-0.3, -0.25) is 0 Å². The predicted octanol–water partition coefficient (Wildman–Crippen LogP) is 5.10. The monoisotopic (exact) mass is 446 g/mol. The fourth-order valence-corrected chi connectivity index (χ4v) is 7.55. The zero-order valence-electron chi connectivity index (χ0n) is 17.2. The van der Waals surface area contributed by atoms with E-state index < -0.39 is 11.9 Å². The molecule has 2 saturated heterocycles. The Morgan fingerprint density at radius 3 is 2.47 bits per heavy atom. The summed E-state index contributed by atoms with van der Waals surface area (Å²) in [4.78, 5) is 1.22. The van der Waals surface area contributed by atoms with Crippen LogP contribution in [0.2, 0.25) is 0 Å². The third-order valence-electron chi connectivity index (χ3n) is 5.50. The minimum atomic E-state index is -0.490. The van der Waals surface area contributed by atoms with Crippen LogP contribution in [0.4, 0.5) is 0 Å². The highest BCUT2D eigenvalue weighted by atomic mass is 32.2. The molecule has 0 bridgehead atoms. The van der Waals surface area contributed by atoms with Crippen molar-refractivity contribution in [3.8, 4) is 0 Å². The molecule has 6 heteroatoms. The van der Waals surface area contributed by atoms with Gasteiger partial charge in [-0.2, -0.15) is 0 Å². The first-order valence-corrected chi connectivity index (χ1v) is 12.4. The van der Waals surface area contributed by atoms with Crippen LogP contribution >= 0.6 is 23.5 Å². The number of rotatable bonds is 9. The van der Waals surface area contributed by atoms with Gasteiger partial charge in [0.1, 0.15) is 0 Å². The second-order valence-corrected chi connectivity index (χ2v) is 11.1. The average Bonchev–Trinajstić information content (AvgIpc) is 3.19. The molecule has 0 aromatic heterocycles. The van der Waals surface area contributed by atoms with E-state index in [0.29, 0.717) is 39.3 Å². The topological polar surface area (TPSA) is 47.9 Å². The van der Waals surface area contributed by atoms with Gasteiger partial charge in [-0.25, -0.2) is 0 Å². The normalized spacial score (nSPS) is 24.2. The molecule has 1 spiro atoms. The summed E-state index contributed by atoms with van der Waals surface area (Å²) in [5, 5.41) is 10.9. The fraction of sp³-hybridized carbons (Fsp3) is 0.500. The predicted molar refractivity (Wildman–Crippen MR) is 123 cm³/mol. The molecule has 2 fully saturated rings. The van der Waals surface area contributed by atoms with Crippen molar-refractivity contribution in [1.29, 1.82) is 0 Å². The number of hydrogen-bond donors (Lipinski definition) is 1. The number of benzene rings is 2. The Kier molecular flexibility index (Phi) is 7.79. The smallest absolute Gasteiger partial charge is 0.171 e. The van der Waals surface area contributed by atoms with Crippen LogP contribution in [-0.2, 0) is 20.8 Å². The maximum absolute atomic E-state index is 10.9. The maximum atomic E-state index is 10.9. The molecule has 2 aliphatic rings. The van der Waals surface area contributed by atoms with Crippen molar-refractivity contribution in [2.45, 2.75) is 53.2 Å². The molecule has 2 aromatic carbocycles. The lowest BCUT2D eigenvalue weighted by molar-refractivity contribution is -0.167. The van der Waals surface area contributed by atoms with Crippen LogP contribution in [0, 0.1) is 0 Å². The van der Waals surface area contributed by atoms with Gasteiger partial charge in [-0.05, 0) is 36.3 Å². The molecule has 2 atom stereocenters. The van der Waals surface area contributed by atoms with E-state index in [9.17, 15) is 5.11 Å². The lowest BCUT2D eigenvalue weighted by Gasteiger charge is -2.45. The number of aliphatic hydroxyl groups is 1. The van der Waals surface area contributed by atoms with Crippen LogP contribution in [0.15, 0.2) is 65.6 Å². The third-order valence-corrected chi connectivity index (χ3v) is 8.54. The number of ether oxygens (including phenoxy) is 3. The van der Waals surface area contributed by atoms with Crippen molar-refractivity contribution >= 4 is 23.5 Å². The Bertz CT molecular complexity index is 767. The molecule has 0 unspecified atom stereocenters. The Morgan fingerprint density at radius 2 is 1.73 bits per heavy atom. The molecule has 0 saturated carbocycles. The molecule has 0 aliphatic carbocycles. The SMILES string of the molecule is O[C@H](CCOCc1ccccc1)C[C@@]1(Sc2ccccc2)CC2(CCS1)OCCO2. The Labute approximate surface area is 187 Å². The lowest BCUT2D eigenvalue weighted by atomic mass is 10.0. The Hall–Kier alpha value is -1.02. The van der Waals surface area contributed by atoms with Gasteiger partial charge in [0, 0.05) is 24.3 Å². The molecule has 2 heterocycles. The minimum absolute atomic E-state index is 0.178. The van der Waals surface area contributed by atoms with Gasteiger partial charge in [0.25, 0.3) is 0 Å². The zero-order chi connectivity index (χ0) is 20.7. The molecule has 1 N–H and O–H groups in total. The van der Waals surface area contributed by atoms with E-state index in [4.69, 9.17) is 14.2 Å². The van der Waals surface area contributed by atoms with E-state index in [2.05, 4.69) is 36.4 Å². The Balaban J connectivity index is 1.36. The summed E-state index contributed by atoms with van der Waals surface area (Å²) in [7, 11) is 0. The van der Waals surface area contributed by atoms with Crippen molar-refractivity contribution in [2.75, 3.05) is 25.6 Å². The highest BCUT2D eigenvalue weighted by Gasteiger charge is 2.50. The summed E-state index contributed by atoms with van der Waals surface area (Å²) in [6.07, 6.45) is 2.57. The van der Waals surface area contributed by atoms with Crippen LogP contribution in [0.25, 0.3) is 0 Å². The molecule has 4 rings (SSSR count). The highest BCUT2D eigenvalue weighted by Crippen LogP contribution is 2.55. The van der Waals surface area contributed by atoms with Crippen molar-refractivity contribution in [2.24, 2.45) is 0 Å². The molecule has 162 valence electrons. The molecule has 4 nitrogen and oxygen atoms in total. The van der Waals surface area contributed by atoms with Crippen LogP contribution in [0.3, 0.4) is 0 Å². The number of thioether (sulfide) groups is 2. The van der Waals surface area contributed by atoms with Crippen molar-refractivity contribution in [3.63, 3.8) is 0 Å². The van der Waals surface area contributed by atoms with Gasteiger partial charge in [-0.15, -0.1) is 23.5 Å². The summed E-state index contributed by atoms with van der Waals surface area (Å²) >= 11 is 3.77. The first-order valence-electron chi connectivity index (χ1n) is 10.6. The molecule has 0 amide bonds. The van der Waals surface area contributed by atoms with E-state index in [1.54, 1.807) is 0 Å². The second-order valence-electron chi connectivity index (χ2n) is 7.89. The van der Waals surface area contributed by atoms with E-state index in [0.717, 1.165) is 24.2 Å². The molecule has 2 aliphatic heterocycles. The van der Waals surface area contributed by atoms with Gasteiger partial charge < -0.3 is 19.3 Å². The maximum Gasteiger partial charge on any atom is 0.171 e. The average molecular weight is 447 g/mol. The van der Waals surface area contributed by atoms with E-state index in [-0.39, 0.29) is 4.08 Å². The van der Waals surface area contributed by atoms with Crippen LogP contribution < -0.4 is 0 Å². The first-order chi connectivity index (χ1) is 14.7. The zero-order valence-corrected chi connectivity index (χ0v) is 18.8. The molecular weight excluding hydrogens is 416 g/mol. The summed E-state index contributed by atoms with van der Waals surface area (Å²) in [6, 6.07) is 20.6. The minimum Gasteiger partial charge on any atom is -0.393 e. The van der Waals surface area contributed by atoms with Crippen molar-refractivity contribution in [3.05, 3.63) is 66.2 Å². The van der Waals surface area contributed by atoms with Gasteiger partial charge >= 0.3 is 0 Å².